The summed E-state index contributed by atoms with van der Waals surface area (Å²) in [6, 6.07) is 7.70. The Morgan fingerprint density at radius 2 is 1.73 bits per heavy atom. The first-order chi connectivity index (χ1) is 12.1. The van der Waals surface area contributed by atoms with Gasteiger partial charge in [-0.3, -0.25) is 9.89 Å². The summed E-state index contributed by atoms with van der Waals surface area (Å²) in [5, 5.41) is 9.71. The van der Waals surface area contributed by atoms with Crippen molar-refractivity contribution >= 4 is 21.7 Å². The van der Waals surface area contributed by atoms with Crippen molar-refractivity contribution in [3.8, 4) is 0 Å². The summed E-state index contributed by atoms with van der Waals surface area (Å²) in [6.07, 6.45) is 0. The van der Waals surface area contributed by atoms with Gasteiger partial charge in [-0.2, -0.15) is 9.40 Å². The molecular formula is C18H26N4O3S. The van der Waals surface area contributed by atoms with Gasteiger partial charge in [0.2, 0.25) is 10.0 Å². The van der Waals surface area contributed by atoms with E-state index in [0.717, 1.165) is 5.69 Å². The molecule has 0 bridgehead atoms. The first kappa shape index (κ1) is 20.1. The molecule has 2 rings (SSSR count). The Morgan fingerprint density at radius 1 is 1.15 bits per heavy atom. The molecule has 8 heteroatoms. The van der Waals surface area contributed by atoms with Gasteiger partial charge < -0.3 is 5.32 Å². The Bertz CT molecular complexity index is 861. The van der Waals surface area contributed by atoms with Crippen molar-refractivity contribution < 1.29 is 13.2 Å². The number of benzene rings is 1. The average Bonchev–Trinajstić information content (AvgIpc) is 3.04. The zero-order valence-corrected chi connectivity index (χ0v) is 16.6. The number of amides is 1. The Morgan fingerprint density at radius 3 is 2.19 bits per heavy atom. The number of carbonyl (C=O) groups is 1. The normalized spacial score (nSPS) is 12.4. The number of H-pyrrole nitrogens is 1. The van der Waals surface area contributed by atoms with Crippen LogP contribution in [0.1, 0.15) is 50.7 Å². The molecule has 1 heterocycles. The molecule has 0 aliphatic heterocycles. The van der Waals surface area contributed by atoms with E-state index in [0.29, 0.717) is 24.5 Å². The molecule has 0 saturated heterocycles. The predicted molar refractivity (Wildman–Crippen MR) is 102 cm³/mol. The minimum absolute atomic E-state index is 0.101. The van der Waals surface area contributed by atoms with Crippen molar-refractivity contribution in [1.82, 2.24) is 14.5 Å². The number of hydrogen-bond acceptors (Lipinski definition) is 4. The number of anilines is 1. The van der Waals surface area contributed by atoms with Crippen molar-refractivity contribution in [1.29, 1.82) is 0 Å². The second kappa shape index (κ2) is 7.59. The van der Waals surface area contributed by atoms with Crippen molar-refractivity contribution in [2.24, 2.45) is 0 Å². The molecule has 0 unspecified atom stereocenters. The molecule has 142 valence electrons. The highest BCUT2D eigenvalue weighted by Crippen LogP contribution is 2.22. The summed E-state index contributed by atoms with van der Waals surface area (Å²) < 4.78 is 26.3. The van der Waals surface area contributed by atoms with Crippen LogP contribution >= 0.6 is 0 Å². The van der Waals surface area contributed by atoms with Crippen molar-refractivity contribution in [2.75, 3.05) is 18.4 Å². The number of nitrogens with one attached hydrogen (secondary N) is 2. The van der Waals surface area contributed by atoms with Crippen LogP contribution in [0.5, 0.6) is 0 Å². The molecular weight excluding hydrogens is 352 g/mol. The molecule has 0 aliphatic rings. The highest BCUT2D eigenvalue weighted by Gasteiger charge is 2.22. The smallest absolute Gasteiger partial charge is 0.256 e. The van der Waals surface area contributed by atoms with E-state index in [1.54, 1.807) is 19.9 Å². The van der Waals surface area contributed by atoms with Crippen LogP contribution in [0.25, 0.3) is 0 Å². The lowest BCUT2D eigenvalue weighted by Crippen LogP contribution is -2.30. The Hall–Kier alpha value is -2.19. The molecule has 0 saturated carbocycles. The van der Waals surface area contributed by atoms with Gasteiger partial charge in [0, 0.05) is 35.8 Å². The van der Waals surface area contributed by atoms with E-state index >= 15 is 0 Å². The number of carbonyl (C=O) groups excluding carboxylic acids is 1. The van der Waals surface area contributed by atoms with Gasteiger partial charge in [-0.1, -0.05) is 34.6 Å². The summed E-state index contributed by atoms with van der Waals surface area (Å²) >= 11 is 0. The number of sulfonamides is 1. The van der Waals surface area contributed by atoms with Gasteiger partial charge in [-0.05, 0) is 24.3 Å². The minimum Gasteiger partial charge on any atom is -0.305 e. The van der Waals surface area contributed by atoms with Crippen LogP contribution in [-0.4, -0.2) is 41.9 Å². The fourth-order valence-electron chi connectivity index (χ4n) is 2.45. The van der Waals surface area contributed by atoms with Crippen LogP contribution in [-0.2, 0) is 15.4 Å². The third kappa shape index (κ3) is 4.31. The predicted octanol–water partition coefficient (Wildman–Crippen LogP) is 2.99. The molecule has 1 aromatic carbocycles. The van der Waals surface area contributed by atoms with Gasteiger partial charge in [0.05, 0.1) is 4.90 Å². The maximum atomic E-state index is 12.5. The van der Waals surface area contributed by atoms with E-state index in [2.05, 4.69) is 15.5 Å². The summed E-state index contributed by atoms with van der Waals surface area (Å²) in [6.45, 7) is 10.5. The molecule has 2 N–H and O–H groups in total. The molecule has 0 atom stereocenters. The average molecular weight is 378 g/mol. The second-order valence-electron chi connectivity index (χ2n) is 6.98. The lowest BCUT2D eigenvalue weighted by molar-refractivity contribution is 0.102. The lowest BCUT2D eigenvalue weighted by atomic mass is 9.92. The highest BCUT2D eigenvalue weighted by atomic mass is 32.2. The summed E-state index contributed by atoms with van der Waals surface area (Å²) in [4.78, 5) is 12.5. The van der Waals surface area contributed by atoms with E-state index in [4.69, 9.17) is 0 Å². The maximum Gasteiger partial charge on any atom is 0.256 e. The number of nitrogens with zero attached hydrogens (tertiary/aromatic N) is 2. The Balaban J connectivity index is 2.15. The van der Waals surface area contributed by atoms with E-state index < -0.39 is 10.0 Å². The van der Waals surface area contributed by atoms with Crippen molar-refractivity contribution in [2.45, 2.75) is 44.9 Å². The molecule has 1 amide bonds. The molecule has 0 spiro atoms. The van der Waals surface area contributed by atoms with E-state index in [9.17, 15) is 13.2 Å². The topological polar surface area (TPSA) is 95.2 Å². The fraction of sp³-hybridized carbons (Fsp3) is 0.444. The zero-order chi connectivity index (χ0) is 19.5. The van der Waals surface area contributed by atoms with Gasteiger partial charge in [0.25, 0.3) is 5.91 Å². The number of aromatic amines is 1. The van der Waals surface area contributed by atoms with E-state index in [1.807, 2.05) is 20.8 Å². The Labute approximate surface area is 154 Å². The molecule has 1 aromatic heterocycles. The molecule has 26 heavy (non-hydrogen) atoms. The van der Waals surface area contributed by atoms with Crippen LogP contribution in [0, 0.1) is 0 Å². The minimum atomic E-state index is -3.53. The quantitative estimate of drug-likeness (QED) is 0.808. The third-order valence-electron chi connectivity index (χ3n) is 4.09. The number of hydrogen-bond donors (Lipinski definition) is 2. The zero-order valence-electron chi connectivity index (χ0n) is 15.8. The van der Waals surface area contributed by atoms with E-state index in [1.165, 1.54) is 28.6 Å². The van der Waals surface area contributed by atoms with Gasteiger partial charge in [0.15, 0.2) is 5.82 Å². The van der Waals surface area contributed by atoms with Gasteiger partial charge in [0.1, 0.15) is 0 Å². The first-order valence-corrected chi connectivity index (χ1v) is 10.0. The molecule has 0 fully saturated rings. The second-order valence-corrected chi connectivity index (χ2v) is 8.92. The van der Waals surface area contributed by atoms with Gasteiger partial charge in [-0.15, -0.1) is 0 Å². The number of aromatic nitrogens is 2. The standard InChI is InChI=1S/C18H26N4O3S/c1-6-22(7-2)26(24,25)14-10-8-13(9-11-14)17(23)19-16-12-15(20-21-16)18(3,4)5/h8-12H,6-7H2,1-5H3,(H2,19,20,21,23). The molecule has 0 aliphatic carbocycles. The molecule has 2 aromatic rings. The van der Waals surface area contributed by atoms with Crippen LogP contribution in [0.4, 0.5) is 5.82 Å². The molecule has 0 radical (unpaired) electrons. The fourth-order valence-corrected chi connectivity index (χ4v) is 3.91. The van der Waals surface area contributed by atoms with Gasteiger partial charge in [-0.25, -0.2) is 8.42 Å². The van der Waals surface area contributed by atoms with Crippen molar-refractivity contribution in [3.05, 3.63) is 41.6 Å². The molecule has 7 nitrogen and oxygen atoms in total. The lowest BCUT2D eigenvalue weighted by Gasteiger charge is -2.18. The summed E-state index contributed by atoms with van der Waals surface area (Å²) in [5.74, 6) is 0.0866. The van der Waals surface area contributed by atoms with Crippen LogP contribution in [0.3, 0.4) is 0 Å². The van der Waals surface area contributed by atoms with Gasteiger partial charge >= 0.3 is 0 Å². The SMILES string of the molecule is CCN(CC)S(=O)(=O)c1ccc(C(=O)Nc2cc(C(C)(C)C)[nH]n2)cc1. The largest absolute Gasteiger partial charge is 0.305 e. The first-order valence-electron chi connectivity index (χ1n) is 8.57. The summed E-state index contributed by atoms with van der Waals surface area (Å²) in [5.41, 5.74) is 1.17. The Kier molecular flexibility index (Phi) is 5.87. The maximum absolute atomic E-state index is 12.5. The third-order valence-corrected chi connectivity index (χ3v) is 6.15. The monoisotopic (exact) mass is 378 g/mol. The van der Waals surface area contributed by atoms with Crippen LogP contribution in [0.2, 0.25) is 0 Å². The van der Waals surface area contributed by atoms with Crippen molar-refractivity contribution in [3.63, 3.8) is 0 Å². The van der Waals surface area contributed by atoms with Crippen LogP contribution < -0.4 is 5.32 Å². The highest BCUT2D eigenvalue weighted by molar-refractivity contribution is 7.89. The van der Waals surface area contributed by atoms with E-state index in [-0.39, 0.29) is 16.2 Å². The summed E-state index contributed by atoms with van der Waals surface area (Å²) in [7, 11) is -3.53. The van der Waals surface area contributed by atoms with Crippen LogP contribution in [0.15, 0.2) is 35.2 Å². The number of rotatable bonds is 6.